The second-order valence-corrected chi connectivity index (χ2v) is 6.46. The second-order valence-electron chi connectivity index (χ2n) is 5.43. The van der Waals surface area contributed by atoms with Gasteiger partial charge in [-0.15, -0.1) is 17.9 Å². The Morgan fingerprint density at radius 2 is 2.12 bits per heavy atom. The summed E-state index contributed by atoms with van der Waals surface area (Å²) in [7, 11) is 0. The maximum absolute atomic E-state index is 12.7. The minimum absolute atomic E-state index is 0.0367. The van der Waals surface area contributed by atoms with Gasteiger partial charge < -0.3 is 9.64 Å². The molecule has 2 aromatic rings. The largest absolute Gasteiger partial charge is 0.481 e. The first-order chi connectivity index (χ1) is 11.5. The molecule has 5 heteroatoms. The van der Waals surface area contributed by atoms with E-state index in [0.29, 0.717) is 24.4 Å². The van der Waals surface area contributed by atoms with E-state index in [1.54, 1.807) is 53.5 Å². The third kappa shape index (κ3) is 4.80. The summed E-state index contributed by atoms with van der Waals surface area (Å²) >= 11 is 1.61. The van der Waals surface area contributed by atoms with Crippen LogP contribution in [0.3, 0.4) is 0 Å². The van der Waals surface area contributed by atoms with Crippen molar-refractivity contribution in [3.05, 3.63) is 64.9 Å². The van der Waals surface area contributed by atoms with Gasteiger partial charge in [0.2, 0.25) is 0 Å². The zero-order valence-electron chi connectivity index (χ0n) is 13.9. The highest BCUT2D eigenvalue weighted by Crippen LogP contribution is 2.18. The van der Waals surface area contributed by atoms with Crippen LogP contribution in [0.2, 0.25) is 0 Å². The normalized spacial score (nSPS) is 11.6. The molecule has 1 aromatic heterocycles. The summed E-state index contributed by atoms with van der Waals surface area (Å²) in [6.07, 6.45) is 1.06. The van der Waals surface area contributed by atoms with Crippen LogP contribution in [0, 0.1) is 0 Å². The lowest BCUT2D eigenvalue weighted by Gasteiger charge is -2.24. The summed E-state index contributed by atoms with van der Waals surface area (Å²) in [5.41, 5.74) is 0.564. The molecule has 0 saturated heterocycles. The van der Waals surface area contributed by atoms with Crippen molar-refractivity contribution in [2.75, 3.05) is 6.54 Å². The smallest absolute Gasteiger partial charge is 0.263 e. The molecular weight excluding hydrogens is 322 g/mol. The Morgan fingerprint density at radius 3 is 2.75 bits per heavy atom. The van der Waals surface area contributed by atoms with Gasteiger partial charge in [0.15, 0.2) is 11.9 Å². The van der Waals surface area contributed by atoms with Crippen LogP contribution in [-0.4, -0.2) is 29.2 Å². The highest BCUT2D eigenvalue weighted by Gasteiger charge is 2.22. The van der Waals surface area contributed by atoms with Crippen LogP contribution < -0.4 is 4.74 Å². The number of carbonyl (C=O) groups excluding carboxylic acids is 2. The zero-order valence-corrected chi connectivity index (χ0v) is 14.7. The second kappa shape index (κ2) is 8.45. The van der Waals surface area contributed by atoms with Crippen LogP contribution in [0.4, 0.5) is 0 Å². The van der Waals surface area contributed by atoms with E-state index in [0.717, 1.165) is 4.88 Å². The molecule has 126 valence electrons. The summed E-state index contributed by atoms with van der Waals surface area (Å²) < 4.78 is 5.74. The summed E-state index contributed by atoms with van der Waals surface area (Å²) in [5.74, 6) is 0.361. The van der Waals surface area contributed by atoms with E-state index in [1.165, 1.54) is 6.92 Å². The van der Waals surface area contributed by atoms with Gasteiger partial charge in [0.05, 0.1) is 6.54 Å². The van der Waals surface area contributed by atoms with Gasteiger partial charge in [-0.1, -0.05) is 24.3 Å². The summed E-state index contributed by atoms with van der Waals surface area (Å²) in [4.78, 5) is 26.9. The van der Waals surface area contributed by atoms with Crippen molar-refractivity contribution in [3.63, 3.8) is 0 Å². The first-order valence-electron chi connectivity index (χ1n) is 7.71. The summed E-state index contributed by atoms with van der Waals surface area (Å²) in [6, 6.07) is 10.8. The minimum Gasteiger partial charge on any atom is -0.481 e. The Morgan fingerprint density at radius 1 is 1.33 bits per heavy atom. The quantitative estimate of drug-likeness (QED) is 0.539. The molecule has 0 N–H and O–H groups in total. The van der Waals surface area contributed by atoms with Crippen molar-refractivity contribution >= 4 is 23.0 Å². The van der Waals surface area contributed by atoms with E-state index in [4.69, 9.17) is 4.74 Å². The number of rotatable bonds is 8. The Hall–Kier alpha value is -2.40. The maximum atomic E-state index is 12.7. The standard InChI is InChI=1S/C19H21NO3S/c1-4-10-20(13-18-9-6-11-24-18)19(22)15(3)23-17-8-5-7-16(12-17)14(2)21/h4-9,11-12,15H,1,10,13H2,2-3H3. The number of ether oxygens (including phenoxy) is 1. The average molecular weight is 343 g/mol. The third-order valence-corrected chi connectivity index (χ3v) is 4.35. The van der Waals surface area contributed by atoms with Gasteiger partial charge in [0.25, 0.3) is 5.91 Å². The highest BCUT2D eigenvalue weighted by molar-refractivity contribution is 7.09. The molecule has 0 aliphatic rings. The molecule has 2 rings (SSSR count). The van der Waals surface area contributed by atoms with Crippen molar-refractivity contribution in [2.24, 2.45) is 0 Å². The molecule has 0 aliphatic heterocycles. The Labute approximate surface area is 146 Å². The third-order valence-electron chi connectivity index (χ3n) is 3.49. The van der Waals surface area contributed by atoms with Crippen LogP contribution in [0.15, 0.2) is 54.4 Å². The number of Topliss-reactive ketones (excluding diaryl/α,β-unsaturated/α-hetero) is 1. The van der Waals surface area contributed by atoms with Gasteiger partial charge >= 0.3 is 0 Å². The van der Waals surface area contributed by atoms with Crippen LogP contribution in [0.25, 0.3) is 0 Å². The predicted octanol–water partition coefficient (Wildman–Crippen LogP) is 3.93. The van der Waals surface area contributed by atoms with Crippen molar-refractivity contribution in [1.82, 2.24) is 4.90 Å². The molecule has 1 heterocycles. The number of hydrogen-bond donors (Lipinski definition) is 0. The van der Waals surface area contributed by atoms with Crippen LogP contribution in [0.5, 0.6) is 5.75 Å². The van der Waals surface area contributed by atoms with E-state index in [2.05, 4.69) is 6.58 Å². The molecule has 0 aliphatic carbocycles. The molecule has 1 amide bonds. The van der Waals surface area contributed by atoms with Crippen molar-refractivity contribution in [2.45, 2.75) is 26.5 Å². The van der Waals surface area contributed by atoms with Gasteiger partial charge in [-0.2, -0.15) is 0 Å². The van der Waals surface area contributed by atoms with Gasteiger partial charge in [-0.3, -0.25) is 9.59 Å². The van der Waals surface area contributed by atoms with E-state index >= 15 is 0 Å². The molecular formula is C19H21NO3S. The van der Waals surface area contributed by atoms with E-state index in [9.17, 15) is 9.59 Å². The van der Waals surface area contributed by atoms with Crippen LogP contribution >= 0.6 is 11.3 Å². The lowest BCUT2D eigenvalue weighted by molar-refractivity contribution is -0.138. The fourth-order valence-electron chi connectivity index (χ4n) is 2.28. The highest BCUT2D eigenvalue weighted by atomic mass is 32.1. The molecule has 1 aromatic carbocycles. The number of thiophene rings is 1. The SMILES string of the molecule is C=CCN(Cc1cccs1)C(=O)C(C)Oc1cccc(C(C)=O)c1. The Balaban J connectivity index is 2.07. The lowest BCUT2D eigenvalue weighted by atomic mass is 10.1. The van der Waals surface area contributed by atoms with Gasteiger partial charge in [0.1, 0.15) is 5.75 Å². The first-order valence-corrected chi connectivity index (χ1v) is 8.59. The molecule has 1 unspecified atom stereocenters. The number of benzene rings is 1. The maximum Gasteiger partial charge on any atom is 0.263 e. The topological polar surface area (TPSA) is 46.6 Å². The van der Waals surface area contributed by atoms with Gasteiger partial charge in [0, 0.05) is 17.0 Å². The number of carbonyl (C=O) groups is 2. The van der Waals surface area contributed by atoms with E-state index in [-0.39, 0.29) is 11.7 Å². The van der Waals surface area contributed by atoms with Crippen molar-refractivity contribution in [1.29, 1.82) is 0 Å². The van der Waals surface area contributed by atoms with Crippen molar-refractivity contribution < 1.29 is 14.3 Å². The first kappa shape index (κ1) is 17.9. The van der Waals surface area contributed by atoms with E-state index in [1.807, 2.05) is 17.5 Å². The Bertz CT molecular complexity index is 709. The number of amides is 1. The molecule has 24 heavy (non-hydrogen) atoms. The predicted molar refractivity (Wildman–Crippen MR) is 96.5 cm³/mol. The monoisotopic (exact) mass is 343 g/mol. The number of nitrogens with zero attached hydrogens (tertiary/aromatic N) is 1. The molecule has 0 saturated carbocycles. The number of hydrogen-bond acceptors (Lipinski definition) is 4. The fraction of sp³-hybridized carbons (Fsp3) is 0.263. The van der Waals surface area contributed by atoms with Crippen molar-refractivity contribution in [3.8, 4) is 5.75 Å². The van der Waals surface area contributed by atoms with E-state index < -0.39 is 6.10 Å². The Kier molecular flexibility index (Phi) is 6.32. The summed E-state index contributed by atoms with van der Waals surface area (Å²) in [6.45, 7) is 7.92. The van der Waals surface area contributed by atoms with Crippen LogP contribution in [0.1, 0.15) is 29.1 Å². The molecule has 0 bridgehead atoms. The molecule has 0 fully saturated rings. The van der Waals surface area contributed by atoms with Gasteiger partial charge in [-0.25, -0.2) is 0 Å². The minimum atomic E-state index is -0.646. The summed E-state index contributed by atoms with van der Waals surface area (Å²) in [5, 5.41) is 1.99. The molecule has 1 atom stereocenters. The zero-order chi connectivity index (χ0) is 17.5. The molecule has 0 spiro atoms. The van der Waals surface area contributed by atoms with Crippen LogP contribution in [-0.2, 0) is 11.3 Å². The molecule has 0 radical (unpaired) electrons. The average Bonchev–Trinajstić information content (AvgIpc) is 3.07. The van der Waals surface area contributed by atoms with Gasteiger partial charge in [-0.05, 0) is 37.4 Å². The lowest BCUT2D eigenvalue weighted by Crippen LogP contribution is -2.40. The number of ketones is 1. The fourth-order valence-corrected chi connectivity index (χ4v) is 3.00. The molecule has 4 nitrogen and oxygen atoms in total.